The first kappa shape index (κ1) is 10.6. The number of hydrogen-bond acceptors (Lipinski definition) is 3. The third kappa shape index (κ3) is 2.03. The molecule has 16 heavy (non-hydrogen) atoms. The molecule has 3 nitrogen and oxygen atoms in total. The molecule has 0 amide bonds. The van der Waals surface area contributed by atoms with E-state index >= 15 is 0 Å². The van der Waals surface area contributed by atoms with Crippen molar-refractivity contribution in [1.29, 1.82) is 0 Å². The summed E-state index contributed by atoms with van der Waals surface area (Å²) in [6.45, 7) is 3.72. The third-order valence-electron chi connectivity index (χ3n) is 2.61. The quantitative estimate of drug-likeness (QED) is 0.739. The second-order valence-corrected chi connectivity index (χ2v) is 3.81. The summed E-state index contributed by atoms with van der Waals surface area (Å²) in [6.07, 6.45) is 4.90. The predicted octanol–water partition coefficient (Wildman–Crippen LogP) is 2.97. The van der Waals surface area contributed by atoms with E-state index in [1.807, 2.05) is 26.0 Å². The molecule has 1 atom stereocenters. The van der Waals surface area contributed by atoms with Gasteiger partial charge in [-0.25, -0.2) is 0 Å². The summed E-state index contributed by atoms with van der Waals surface area (Å²) >= 11 is 0. The number of rotatable bonds is 3. The van der Waals surface area contributed by atoms with Crippen LogP contribution in [-0.2, 0) is 0 Å². The van der Waals surface area contributed by atoms with Crippen LogP contribution in [0.5, 0.6) is 0 Å². The van der Waals surface area contributed by atoms with Crippen LogP contribution in [0.1, 0.15) is 34.5 Å². The minimum atomic E-state index is -0.167. The smallest absolute Gasteiger partial charge is 0.173 e. The molecule has 2 rings (SSSR count). The zero-order valence-electron chi connectivity index (χ0n) is 9.31. The molecular formula is C13H13NO2. The molecule has 82 valence electrons. The van der Waals surface area contributed by atoms with Crippen molar-refractivity contribution < 1.29 is 9.21 Å². The third-order valence-corrected chi connectivity index (χ3v) is 2.61. The van der Waals surface area contributed by atoms with E-state index in [2.05, 4.69) is 4.98 Å². The highest BCUT2D eigenvalue weighted by molar-refractivity contribution is 6.00. The molecule has 2 aromatic heterocycles. The highest BCUT2D eigenvalue weighted by Gasteiger charge is 2.18. The van der Waals surface area contributed by atoms with Gasteiger partial charge in [-0.2, -0.15) is 0 Å². The predicted molar refractivity (Wildman–Crippen MR) is 60.4 cm³/mol. The number of ketones is 1. The van der Waals surface area contributed by atoms with Crippen LogP contribution in [-0.4, -0.2) is 10.8 Å². The van der Waals surface area contributed by atoms with E-state index in [0.29, 0.717) is 5.56 Å². The van der Waals surface area contributed by atoms with Crippen molar-refractivity contribution in [2.75, 3.05) is 0 Å². The molecule has 0 saturated heterocycles. The molecule has 0 aliphatic rings. The summed E-state index contributed by atoms with van der Waals surface area (Å²) in [5, 5.41) is 0. The van der Waals surface area contributed by atoms with E-state index in [1.54, 1.807) is 18.5 Å². The molecule has 0 aliphatic carbocycles. The van der Waals surface area contributed by atoms with Crippen LogP contribution in [0.4, 0.5) is 0 Å². The average molecular weight is 215 g/mol. The molecule has 0 aromatic carbocycles. The number of pyridine rings is 1. The van der Waals surface area contributed by atoms with E-state index in [1.165, 1.54) is 6.26 Å². The summed E-state index contributed by atoms with van der Waals surface area (Å²) < 4.78 is 5.14. The molecule has 3 heteroatoms. The molecule has 2 heterocycles. The van der Waals surface area contributed by atoms with Crippen molar-refractivity contribution in [2.24, 2.45) is 0 Å². The van der Waals surface area contributed by atoms with E-state index in [4.69, 9.17) is 4.42 Å². The Morgan fingerprint density at radius 1 is 1.38 bits per heavy atom. The average Bonchev–Trinajstić information content (AvgIpc) is 2.75. The van der Waals surface area contributed by atoms with Crippen LogP contribution < -0.4 is 0 Å². The van der Waals surface area contributed by atoms with Crippen LogP contribution >= 0.6 is 0 Å². The van der Waals surface area contributed by atoms with Gasteiger partial charge in [0.25, 0.3) is 0 Å². The first-order valence-corrected chi connectivity index (χ1v) is 5.18. The Hall–Kier alpha value is -1.90. The lowest BCUT2D eigenvalue weighted by atomic mass is 9.94. The van der Waals surface area contributed by atoms with Gasteiger partial charge >= 0.3 is 0 Å². The van der Waals surface area contributed by atoms with Gasteiger partial charge in [0.05, 0.1) is 5.56 Å². The second kappa shape index (κ2) is 4.31. The summed E-state index contributed by atoms with van der Waals surface area (Å²) in [4.78, 5) is 16.0. The van der Waals surface area contributed by atoms with E-state index < -0.39 is 0 Å². The van der Waals surface area contributed by atoms with Crippen LogP contribution in [0.3, 0.4) is 0 Å². The molecule has 0 aliphatic heterocycles. The van der Waals surface area contributed by atoms with E-state index in [9.17, 15) is 4.79 Å². The zero-order chi connectivity index (χ0) is 11.5. The van der Waals surface area contributed by atoms with Crippen molar-refractivity contribution in [2.45, 2.75) is 19.8 Å². The molecule has 0 N–H and O–H groups in total. The summed E-state index contributed by atoms with van der Waals surface area (Å²) in [5.41, 5.74) is 1.60. The molecule has 0 saturated carbocycles. The maximum Gasteiger partial charge on any atom is 0.173 e. The fourth-order valence-corrected chi connectivity index (χ4v) is 1.63. The molecule has 0 radical (unpaired) electrons. The SMILES string of the molecule is Cc1cc(C(=O)C(C)c2ccncc2)co1. The van der Waals surface area contributed by atoms with Crippen LogP contribution in [0.25, 0.3) is 0 Å². The van der Waals surface area contributed by atoms with Gasteiger partial charge in [-0.05, 0) is 30.7 Å². The monoisotopic (exact) mass is 215 g/mol. The number of aromatic nitrogens is 1. The van der Waals surface area contributed by atoms with Gasteiger partial charge in [0, 0.05) is 18.3 Å². The number of carbonyl (C=O) groups excluding carboxylic acids is 1. The minimum Gasteiger partial charge on any atom is -0.469 e. The lowest BCUT2D eigenvalue weighted by Crippen LogP contribution is -2.08. The maximum atomic E-state index is 12.1. The Kier molecular flexibility index (Phi) is 2.86. The Bertz CT molecular complexity index is 488. The van der Waals surface area contributed by atoms with Gasteiger partial charge in [0.1, 0.15) is 12.0 Å². The van der Waals surface area contributed by atoms with Gasteiger partial charge < -0.3 is 4.42 Å². The molecule has 1 unspecified atom stereocenters. The molecule has 2 aromatic rings. The number of furan rings is 1. The Morgan fingerprint density at radius 2 is 2.06 bits per heavy atom. The van der Waals surface area contributed by atoms with Crippen molar-refractivity contribution >= 4 is 5.78 Å². The fourth-order valence-electron chi connectivity index (χ4n) is 1.63. The number of aryl methyl sites for hydroxylation is 1. The lowest BCUT2D eigenvalue weighted by molar-refractivity contribution is 0.0965. The summed E-state index contributed by atoms with van der Waals surface area (Å²) in [6, 6.07) is 5.48. The van der Waals surface area contributed by atoms with Crippen LogP contribution in [0.15, 0.2) is 41.3 Å². The van der Waals surface area contributed by atoms with Gasteiger partial charge in [-0.15, -0.1) is 0 Å². The summed E-state index contributed by atoms with van der Waals surface area (Å²) in [7, 11) is 0. The Labute approximate surface area is 94.1 Å². The highest BCUT2D eigenvalue weighted by Crippen LogP contribution is 2.20. The first-order valence-electron chi connectivity index (χ1n) is 5.18. The molecule has 0 bridgehead atoms. The van der Waals surface area contributed by atoms with Crippen molar-refractivity contribution in [3.63, 3.8) is 0 Å². The fraction of sp³-hybridized carbons (Fsp3) is 0.231. The Balaban J connectivity index is 2.23. The summed E-state index contributed by atoms with van der Waals surface area (Å²) in [5.74, 6) is 0.660. The number of hydrogen-bond donors (Lipinski definition) is 0. The maximum absolute atomic E-state index is 12.1. The number of Topliss-reactive ketones (excluding diaryl/α,β-unsaturated/α-hetero) is 1. The molecular weight excluding hydrogens is 202 g/mol. The topological polar surface area (TPSA) is 43.1 Å². The van der Waals surface area contributed by atoms with Gasteiger partial charge in [-0.1, -0.05) is 6.92 Å². The van der Waals surface area contributed by atoms with Gasteiger partial charge in [0.2, 0.25) is 0 Å². The van der Waals surface area contributed by atoms with E-state index in [-0.39, 0.29) is 11.7 Å². The Morgan fingerprint density at radius 3 is 2.62 bits per heavy atom. The minimum absolute atomic E-state index is 0.0723. The number of carbonyl (C=O) groups is 1. The zero-order valence-corrected chi connectivity index (χ0v) is 9.31. The largest absolute Gasteiger partial charge is 0.469 e. The number of nitrogens with zero attached hydrogens (tertiary/aromatic N) is 1. The highest BCUT2D eigenvalue weighted by atomic mass is 16.3. The van der Waals surface area contributed by atoms with Gasteiger partial charge in [0.15, 0.2) is 5.78 Å². The van der Waals surface area contributed by atoms with Crippen molar-refractivity contribution in [1.82, 2.24) is 4.98 Å². The van der Waals surface area contributed by atoms with Crippen LogP contribution in [0, 0.1) is 6.92 Å². The molecule has 0 spiro atoms. The van der Waals surface area contributed by atoms with Crippen molar-refractivity contribution in [3.8, 4) is 0 Å². The first-order chi connectivity index (χ1) is 7.68. The van der Waals surface area contributed by atoms with Crippen molar-refractivity contribution in [3.05, 3.63) is 53.7 Å². The standard InChI is InChI=1S/C13H13NO2/c1-9-7-12(8-16-9)13(15)10(2)11-3-5-14-6-4-11/h3-8,10H,1-2H3. The molecule has 0 fully saturated rings. The lowest BCUT2D eigenvalue weighted by Gasteiger charge is -2.08. The normalized spacial score (nSPS) is 12.4. The van der Waals surface area contributed by atoms with Crippen LogP contribution in [0.2, 0.25) is 0 Å². The van der Waals surface area contributed by atoms with E-state index in [0.717, 1.165) is 11.3 Å². The second-order valence-electron chi connectivity index (χ2n) is 3.81. The van der Waals surface area contributed by atoms with Gasteiger partial charge in [-0.3, -0.25) is 9.78 Å².